The van der Waals surface area contributed by atoms with Crippen molar-refractivity contribution in [1.82, 2.24) is 30.1 Å². The van der Waals surface area contributed by atoms with Gasteiger partial charge in [0.05, 0.1) is 25.1 Å². The number of morpholine rings is 1. The fourth-order valence-corrected chi connectivity index (χ4v) is 3.36. The molecule has 10 heteroatoms. The average Bonchev–Trinajstić information content (AvgIpc) is 3.23. The first-order valence-corrected chi connectivity index (χ1v) is 8.57. The molecule has 1 saturated heterocycles. The maximum Gasteiger partial charge on any atom is 0.250 e. The predicted molar refractivity (Wildman–Crippen MR) is 96.0 cm³/mol. The number of ether oxygens (including phenoxy) is 1. The number of anilines is 2. The second kappa shape index (κ2) is 6.09. The van der Waals surface area contributed by atoms with Crippen molar-refractivity contribution in [3.63, 3.8) is 0 Å². The number of hydrogen-bond donors (Lipinski definition) is 2. The van der Waals surface area contributed by atoms with Crippen LogP contribution < -0.4 is 10.2 Å². The highest BCUT2D eigenvalue weighted by Crippen LogP contribution is 2.32. The Kier molecular flexibility index (Phi) is 3.57. The second-order valence-corrected chi connectivity index (χ2v) is 6.36. The number of aromatic nitrogens is 6. The standard InChI is InChI=1S/C17H16N8O2/c1-9-10(2-3-11(21-9)14-19-8-20-24-14)12-6-18-15-16(22-12)25-4-5-27-7-13(25)17(26)23-15/h2-3,6,8,13H,4-5,7H2,1H3,(H,18,23,26)(H,19,20,24). The third-order valence-electron chi connectivity index (χ3n) is 4.72. The van der Waals surface area contributed by atoms with Crippen LogP contribution in [0.1, 0.15) is 5.69 Å². The summed E-state index contributed by atoms with van der Waals surface area (Å²) in [6, 6.07) is 3.43. The van der Waals surface area contributed by atoms with E-state index in [9.17, 15) is 4.79 Å². The molecule has 27 heavy (non-hydrogen) atoms. The molecule has 0 bridgehead atoms. The van der Waals surface area contributed by atoms with E-state index in [-0.39, 0.29) is 11.9 Å². The van der Waals surface area contributed by atoms with Gasteiger partial charge < -0.3 is 15.0 Å². The monoisotopic (exact) mass is 364 g/mol. The van der Waals surface area contributed by atoms with Crippen LogP contribution in [0.5, 0.6) is 0 Å². The third kappa shape index (κ3) is 2.61. The number of aryl methyl sites for hydroxylation is 1. The highest BCUT2D eigenvalue weighted by atomic mass is 16.5. The van der Waals surface area contributed by atoms with Crippen molar-refractivity contribution in [2.75, 3.05) is 30.0 Å². The van der Waals surface area contributed by atoms with E-state index in [1.165, 1.54) is 6.33 Å². The molecule has 1 atom stereocenters. The summed E-state index contributed by atoms with van der Waals surface area (Å²) in [6.07, 6.45) is 3.10. The van der Waals surface area contributed by atoms with Crippen molar-refractivity contribution in [3.8, 4) is 22.8 Å². The number of nitrogens with one attached hydrogen (secondary N) is 2. The third-order valence-corrected chi connectivity index (χ3v) is 4.72. The topological polar surface area (TPSA) is 122 Å². The molecule has 0 aliphatic carbocycles. The van der Waals surface area contributed by atoms with E-state index in [0.717, 1.165) is 11.3 Å². The average molecular weight is 364 g/mol. The summed E-state index contributed by atoms with van der Waals surface area (Å²) in [5.74, 6) is 1.64. The molecule has 5 rings (SSSR count). The zero-order valence-electron chi connectivity index (χ0n) is 14.5. The summed E-state index contributed by atoms with van der Waals surface area (Å²) in [7, 11) is 0. The molecular weight excluding hydrogens is 348 g/mol. The summed E-state index contributed by atoms with van der Waals surface area (Å²) in [6.45, 7) is 3.42. The molecule has 136 valence electrons. The van der Waals surface area contributed by atoms with Crippen LogP contribution in [0.3, 0.4) is 0 Å². The zero-order chi connectivity index (χ0) is 18.4. The lowest BCUT2D eigenvalue weighted by Gasteiger charge is -2.39. The largest absolute Gasteiger partial charge is 0.377 e. The first-order valence-electron chi connectivity index (χ1n) is 8.57. The number of carbonyl (C=O) groups is 1. The van der Waals surface area contributed by atoms with Crippen molar-refractivity contribution in [1.29, 1.82) is 0 Å². The van der Waals surface area contributed by atoms with Crippen LogP contribution in [0.4, 0.5) is 11.6 Å². The summed E-state index contributed by atoms with van der Waals surface area (Å²) in [5, 5.41) is 9.47. The molecule has 3 aromatic heterocycles. The summed E-state index contributed by atoms with van der Waals surface area (Å²) in [5.41, 5.74) is 3.08. The number of hydrogen-bond acceptors (Lipinski definition) is 8. The fraction of sp³-hybridized carbons (Fsp3) is 0.294. The highest BCUT2D eigenvalue weighted by molar-refractivity contribution is 6.02. The number of amides is 1. The van der Waals surface area contributed by atoms with Gasteiger partial charge in [-0.3, -0.25) is 9.89 Å². The first kappa shape index (κ1) is 15.8. The van der Waals surface area contributed by atoms with Gasteiger partial charge in [0, 0.05) is 17.8 Å². The van der Waals surface area contributed by atoms with E-state index in [0.29, 0.717) is 48.6 Å². The van der Waals surface area contributed by atoms with E-state index in [2.05, 4.69) is 30.5 Å². The van der Waals surface area contributed by atoms with Gasteiger partial charge in [0.15, 0.2) is 17.5 Å². The van der Waals surface area contributed by atoms with E-state index < -0.39 is 0 Å². The van der Waals surface area contributed by atoms with E-state index >= 15 is 0 Å². The SMILES string of the molecule is Cc1nc(-c2ncn[nH]2)ccc1-c1cnc2c(n1)N1CCOCC1C(=O)N2. The van der Waals surface area contributed by atoms with Gasteiger partial charge >= 0.3 is 0 Å². The fourth-order valence-electron chi connectivity index (χ4n) is 3.36. The van der Waals surface area contributed by atoms with E-state index in [1.54, 1.807) is 6.20 Å². The highest BCUT2D eigenvalue weighted by Gasteiger charge is 2.37. The number of aromatic amines is 1. The smallest absolute Gasteiger partial charge is 0.250 e. The molecule has 1 amide bonds. The Balaban J connectivity index is 1.54. The quantitative estimate of drug-likeness (QED) is 0.684. The van der Waals surface area contributed by atoms with Crippen LogP contribution in [-0.2, 0) is 9.53 Å². The van der Waals surface area contributed by atoms with Gasteiger partial charge in [-0.15, -0.1) is 0 Å². The maximum absolute atomic E-state index is 12.2. The number of pyridine rings is 1. The molecule has 3 aromatic rings. The van der Waals surface area contributed by atoms with Gasteiger partial charge in [0.25, 0.3) is 5.91 Å². The minimum atomic E-state index is -0.371. The van der Waals surface area contributed by atoms with Crippen molar-refractivity contribution in [2.24, 2.45) is 0 Å². The molecule has 1 fully saturated rings. The lowest BCUT2D eigenvalue weighted by molar-refractivity contribution is -0.120. The van der Waals surface area contributed by atoms with E-state index in [4.69, 9.17) is 9.72 Å². The Morgan fingerprint density at radius 1 is 1.22 bits per heavy atom. The zero-order valence-corrected chi connectivity index (χ0v) is 14.5. The second-order valence-electron chi connectivity index (χ2n) is 6.36. The van der Waals surface area contributed by atoms with Gasteiger partial charge in [-0.25, -0.2) is 19.9 Å². The molecule has 1 unspecified atom stereocenters. The molecule has 0 saturated carbocycles. The normalized spacial score (nSPS) is 18.6. The minimum absolute atomic E-state index is 0.112. The summed E-state index contributed by atoms with van der Waals surface area (Å²) in [4.78, 5) is 32.1. The Morgan fingerprint density at radius 3 is 2.96 bits per heavy atom. The molecule has 5 heterocycles. The Labute approximate surface area is 154 Å². The van der Waals surface area contributed by atoms with Crippen molar-refractivity contribution < 1.29 is 9.53 Å². The van der Waals surface area contributed by atoms with Crippen molar-refractivity contribution in [2.45, 2.75) is 13.0 Å². The molecule has 0 radical (unpaired) electrons. The predicted octanol–water partition coefficient (Wildman–Crippen LogP) is 0.789. The van der Waals surface area contributed by atoms with Crippen LogP contribution >= 0.6 is 0 Å². The lowest BCUT2D eigenvalue weighted by Crippen LogP contribution is -2.55. The molecule has 0 aromatic carbocycles. The van der Waals surface area contributed by atoms with Crippen molar-refractivity contribution >= 4 is 17.5 Å². The van der Waals surface area contributed by atoms with Crippen LogP contribution in [0.25, 0.3) is 22.8 Å². The van der Waals surface area contributed by atoms with Gasteiger partial charge in [-0.2, -0.15) is 5.10 Å². The first-order chi connectivity index (χ1) is 13.2. The molecule has 2 aliphatic rings. The molecular formula is C17H16N8O2. The Hall–Kier alpha value is -3.40. The van der Waals surface area contributed by atoms with Gasteiger partial charge in [-0.05, 0) is 19.1 Å². The number of nitrogens with zero attached hydrogens (tertiary/aromatic N) is 6. The van der Waals surface area contributed by atoms with Crippen LogP contribution in [0, 0.1) is 6.92 Å². The molecule has 10 nitrogen and oxygen atoms in total. The lowest BCUT2D eigenvalue weighted by atomic mass is 10.1. The number of H-pyrrole nitrogens is 1. The van der Waals surface area contributed by atoms with Crippen LogP contribution in [0.2, 0.25) is 0 Å². The molecule has 2 N–H and O–H groups in total. The summed E-state index contributed by atoms with van der Waals surface area (Å²) < 4.78 is 5.43. The minimum Gasteiger partial charge on any atom is -0.377 e. The number of rotatable bonds is 2. The Morgan fingerprint density at radius 2 is 2.15 bits per heavy atom. The van der Waals surface area contributed by atoms with Crippen molar-refractivity contribution in [3.05, 3.63) is 30.4 Å². The van der Waals surface area contributed by atoms with E-state index in [1.807, 2.05) is 24.0 Å². The molecule has 0 spiro atoms. The summed E-state index contributed by atoms with van der Waals surface area (Å²) >= 11 is 0. The maximum atomic E-state index is 12.2. The number of fused-ring (bicyclic) bond motifs is 3. The Bertz CT molecular complexity index is 1020. The van der Waals surface area contributed by atoms with Crippen LogP contribution in [0.15, 0.2) is 24.7 Å². The van der Waals surface area contributed by atoms with Gasteiger partial charge in [0.2, 0.25) is 0 Å². The van der Waals surface area contributed by atoms with Crippen LogP contribution in [-0.4, -0.2) is 61.8 Å². The molecule has 2 aliphatic heterocycles. The van der Waals surface area contributed by atoms with Gasteiger partial charge in [-0.1, -0.05) is 0 Å². The number of carbonyl (C=O) groups excluding carboxylic acids is 1. The van der Waals surface area contributed by atoms with Gasteiger partial charge in [0.1, 0.15) is 18.1 Å².